The highest BCUT2D eigenvalue weighted by Crippen LogP contribution is 2.33. The van der Waals surface area contributed by atoms with E-state index in [4.69, 9.17) is 4.42 Å². The Morgan fingerprint density at radius 3 is 2.76 bits per heavy atom. The van der Waals surface area contributed by atoms with E-state index in [1.807, 2.05) is 25.3 Å². The molecule has 0 N–H and O–H groups in total. The van der Waals surface area contributed by atoms with Gasteiger partial charge in [0.25, 0.3) is 5.22 Å². The maximum Gasteiger partial charge on any atom is 0.283 e. The summed E-state index contributed by atoms with van der Waals surface area (Å²) >= 11 is 2.78. The highest BCUT2D eigenvalue weighted by molar-refractivity contribution is 7.99. The van der Waals surface area contributed by atoms with Crippen LogP contribution in [0.4, 0.5) is 0 Å². The predicted octanol–water partition coefficient (Wildman–Crippen LogP) is 3.92. The Morgan fingerprint density at radius 2 is 1.97 bits per heavy atom. The van der Waals surface area contributed by atoms with Gasteiger partial charge in [-0.25, -0.2) is 18.4 Å². The van der Waals surface area contributed by atoms with Gasteiger partial charge in [0.05, 0.1) is 4.90 Å². The normalized spacial score (nSPS) is 12.1. The van der Waals surface area contributed by atoms with Crippen LogP contribution >= 0.6 is 23.1 Å². The summed E-state index contributed by atoms with van der Waals surface area (Å²) in [4.78, 5) is 9.59. The second kappa shape index (κ2) is 8.19. The number of thiophene rings is 1. The van der Waals surface area contributed by atoms with Crippen molar-refractivity contribution in [1.29, 1.82) is 0 Å². The molecule has 8 nitrogen and oxygen atoms in total. The first-order chi connectivity index (χ1) is 14.0. The first-order valence-corrected chi connectivity index (χ1v) is 12.0. The molecule has 1 aromatic carbocycles. The maximum atomic E-state index is 12.8. The molecule has 4 aromatic rings. The molecule has 29 heavy (non-hydrogen) atoms. The third-order valence-corrected chi connectivity index (χ3v) is 7.96. The van der Waals surface area contributed by atoms with Crippen molar-refractivity contribution in [2.45, 2.75) is 29.0 Å². The summed E-state index contributed by atoms with van der Waals surface area (Å²) < 4.78 is 32.7. The van der Waals surface area contributed by atoms with Gasteiger partial charge in [-0.05, 0) is 41.4 Å². The van der Waals surface area contributed by atoms with Crippen LogP contribution in [0.2, 0.25) is 0 Å². The van der Waals surface area contributed by atoms with Crippen LogP contribution in [0.5, 0.6) is 0 Å². The second-order valence-corrected chi connectivity index (χ2v) is 9.68. The average molecular weight is 448 g/mol. The Bertz CT molecular complexity index is 1250. The van der Waals surface area contributed by atoms with Crippen molar-refractivity contribution in [3.63, 3.8) is 0 Å². The fourth-order valence-corrected chi connectivity index (χ4v) is 5.85. The van der Waals surface area contributed by atoms with E-state index in [-0.39, 0.29) is 10.8 Å². The smallest absolute Gasteiger partial charge is 0.283 e. The van der Waals surface area contributed by atoms with Gasteiger partial charge in [-0.2, -0.15) is 4.31 Å². The van der Waals surface area contributed by atoms with E-state index in [0.29, 0.717) is 23.9 Å². The molecule has 4 rings (SSSR count). The molecule has 0 atom stereocenters. The average Bonchev–Trinajstić information content (AvgIpc) is 3.39. The molecule has 0 fully saturated rings. The fourth-order valence-electron chi connectivity index (χ4n) is 2.80. The van der Waals surface area contributed by atoms with Crippen LogP contribution in [0.3, 0.4) is 0 Å². The molecular formula is C18H17N5O3S3. The van der Waals surface area contributed by atoms with Gasteiger partial charge >= 0.3 is 0 Å². The number of hydrogen-bond donors (Lipinski definition) is 0. The summed E-state index contributed by atoms with van der Waals surface area (Å²) in [6, 6.07) is 8.48. The third-order valence-electron chi connectivity index (χ3n) is 4.24. The molecule has 0 unspecified atom stereocenters. The molecule has 0 aliphatic rings. The van der Waals surface area contributed by atoms with E-state index in [1.54, 1.807) is 24.3 Å². The van der Waals surface area contributed by atoms with Crippen molar-refractivity contribution in [3.05, 3.63) is 42.0 Å². The number of benzene rings is 1. The van der Waals surface area contributed by atoms with Gasteiger partial charge in [0.1, 0.15) is 16.2 Å². The molecule has 150 valence electrons. The van der Waals surface area contributed by atoms with Crippen LogP contribution < -0.4 is 0 Å². The Hall–Kier alpha value is -2.34. The minimum Gasteiger partial charge on any atom is -0.411 e. The summed E-state index contributed by atoms with van der Waals surface area (Å²) in [5.41, 5.74) is 0.543. The van der Waals surface area contributed by atoms with Crippen LogP contribution in [0.1, 0.15) is 13.8 Å². The fraction of sp³-hybridized carbons (Fsp3) is 0.222. The number of nitrogens with zero attached hydrogens (tertiary/aromatic N) is 5. The van der Waals surface area contributed by atoms with Crippen LogP contribution in [0, 0.1) is 0 Å². The van der Waals surface area contributed by atoms with Crippen molar-refractivity contribution in [2.75, 3.05) is 13.1 Å². The Morgan fingerprint density at radius 1 is 1.14 bits per heavy atom. The van der Waals surface area contributed by atoms with Crippen LogP contribution in [0.25, 0.3) is 21.7 Å². The molecule has 0 radical (unpaired) electrons. The SMILES string of the molecule is CCN(CC)S(=O)(=O)c1cccc(-c2nnc(Sc3ncnc4sccc34)o2)c1. The van der Waals surface area contributed by atoms with Crippen molar-refractivity contribution in [2.24, 2.45) is 0 Å². The second-order valence-electron chi connectivity index (χ2n) is 5.91. The Balaban J connectivity index is 1.63. The summed E-state index contributed by atoms with van der Waals surface area (Å²) in [6.45, 7) is 4.43. The Kier molecular flexibility index (Phi) is 5.63. The van der Waals surface area contributed by atoms with Crippen molar-refractivity contribution in [1.82, 2.24) is 24.5 Å². The number of hydrogen-bond acceptors (Lipinski definition) is 9. The molecular weight excluding hydrogens is 430 g/mol. The van der Waals surface area contributed by atoms with Crippen molar-refractivity contribution < 1.29 is 12.8 Å². The van der Waals surface area contributed by atoms with Crippen LogP contribution in [-0.4, -0.2) is 46.0 Å². The van der Waals surface area contributed by atoms with Gasteiger partial charge in [0.2, 0.25) is 15.9 Å². The van der Waals surface area contributed by atoms with Crippen molar-refractivity contribution >= 4 is 43.3 Å². The molecule has 0 aliphatic heterocycles. The molecule has 0 spiro atoms. The van der Waals surface area contributed by atoms with Crippen molar-refractivity contribution in [3.8, 4) is 11.5 Å². The molecule has 0 bridgehead atoms. The standard InChI is InChI=1S/C18H17N5O3S3/c1-3-23(4-2)29(24,25)13-7-5-6-12(10-13)15-21-22-18(26-15)28-17-14-8-9-27-16(14)19-11-20-17/h5-11H,3-4H2,1-2H3. The zero-order valence-corrected chi connectivity index (χ0v) is 18.1. The minimum atomic E-state index is -3.57. The quantitative estimate of drug-likeness (QED) is 0.393. The molecule has 0 saturated heterocycles. The van der Waals surface area contributed by atoms with Crippen LogP contribution in [0.15, 0.2) is 61.6 Å². The number of rotatable bonds is 7. The molecule has 0 amide bonds. The number of sulfonamides is 1. The van der Waals surface area contributed by atoms with E-state index in [0.717, 1.165) is 15.2 Å². The van der Waals surface area contributed by atoms with Crippen LogP contribution in [-0.2, 0) is 10.0 Å². The zero-order chi connectivity index (χ0) is 20.4. The van der Waals surface area contributed by atoms with E-state index < -0.39 is 10.0 Å². The Labute approximate surface area is 176 Å². The summed E-state index contributed by atoms with van der Waals surface area (Å²) in [5.74, 6) is 0.250. The van der Waals surface area contributed by atoms with E-state index >= 15 is 0 Å². The first-order valence-electron chi connectivity index (χ1n) is 8.83. The molecule has 0 aliphatic carbocycles. The number of fused-ring (bicyclic) bond motifs is 1. The highest BCUT2D eigenvalue weighted by Gasteiger charge is 2.22. The topological polar surface area (TPSA) is 102 Å². The lowest BCUT2D eigenvalue weighted by molar-refractivity contribution is 0.445. The minimum absolute atomic E-state index is 0.196. The predicted molar refractivity (Wildman–Crippen MR) is 111 cm³/mol. The van der Waals surface area contributed by atoms with E-state index in [2.05, 4.69) is 20.2 Å². The summed E-state index contributed by atoms with van der Waals surface area (Å²) in [7, 11) is -3.57. The van der Waals surface area contributed by atoms with E-state index in [1.165, 1.54) is 33.7 Å². The summed E-state index contributed by atoms with van der Waals surface area (Å²) in [6.07, 6.45) is 1.50. The largest absolute Gasteiger partial charge is 0.411 e. The van der Waals surface area contributed by atoms with Gasteiger partial charge < -0.3 is 4.42 Å². The lowest BCUT2D eigenvalue weighted by Crippen LogP contribution is -2.30. The highest BCUT2D eigenvalue weighted by atomic mass is 32.2. The van der Waals surface area contributed by atoms with E-state index in [9.17, 15) is 8.42 Å². The number of aromatic nitrogens is 4. The first kappa shape index (κ1) is 20.0. The zero-order valence-electron chi connectivity index (χ0n) is 15.6. The van der Waals surface area contributed by atoms with Gasteiger partial charge in [-0.3, -0.25) is 0 Å². The van der Waals surface area contributed by atoms with Gasteiger partial charge in [0, 0.05) is 24.0 Å². The van der Waals surface area contributed by atoms with Gasteiger partial charge in [-0.15, -0.1) is 21.5 Å². The molecule has 3 aromatic heterocycles. The lowest BCUT2D eigenvalue weighted by atomic mass is 10.2. The maximum absolute atomic E-state index is 12.8. The monoisotopic (exact) mass is 447 g/mol. The lowest BCUT2D eigenvalue weighted by Gasteiger charge is -2.18. The third kappa shape index (κ3) is 3.90. The molecule has 3 heterocycles. The van der Waals surface area contributed by atoms with Gasteiger partial charge in [0.15, 0.2) is 0 Å². The molecule has 0 saturated carbocycles. The molecule has 11 heteroatoms. The summed E-state index contributed by atoms with van der Waals surface area (Å²) in [5, 5.41) is 12.1. The van der Waals surface area contributed by atoms with Gasteiger partial charge in [-0.1, -0.05) is 19.9 Å².